The maximum atomic E-state index is 9.94. The van der Waals surface area contributed by atoms with Gasteiger partial charge in [-0.3, -0.25) is 0 Å². The first kappa shape index (κ1) is 6.01. The van der Waals surface area contributed by atoms with E-state index in [0.717, 1.165) is 6.08 Å². The Labute approximate surface area is 41.2 Å². The summed E-state index contributed by atoms with van der Waals surface area (Å²) in [6, 6.07) is 0. The molecular formula is C4H6O3. The lowest BCUT2D eigenvalue weighted by Gasteiger charge is -1.84. The normalized spacial score (nSPS) is 9.29. The van der Waals surface area contributed by atoms with Gasteiger partial charge in [0.25, 0.3) is 0 Å². The third-order valence-electron chi connectivity index (χ3n) is 0.412. The van der Waals surface area contributed by atoms with E-state index in [0.29, 0.717) is 6.26 Å². The Balaban J connectivity index is 3.37. The van der Waals surface area contributed by atoms with Crippen molar-refractivity contribution in [2.24, 2.45) is 0 Å². The molecule has 40 valence electrons. The predicted molar refractivity (Wildman–Crippen MR) is 23.8 cm³/mol. The van der Waals surface area contributed by atoms with Crippen LogP contribution in [0.3, 0.4) is 0 Å². The van der Waals surface area contributed by atoms with Gasteiger partial charge in [-0.15, -0.1) is 0 Å². The molecule has 3 heteroatoms. The number of rotatable bonds is 1. The van der Waals surface area contributed by atoms with Crippen molar-refractivity contribution in [3.05, 3.63) is 12.3 Å². The van der Waals surface area contributed by atoms with E-state index >= 15 is 0 Å². The fraction of sp³-hybridized carbons (Fsp3) is 0.250. The van der Waals surface area contributed by atoms with E-state index < -0.39 is 5.97 Å². The highest BCUT2D eigenvalue weighted by Gasteiger charge is 1.85. The zero-order chi connectivity index (χ0) is 5.70. The second-order valence-electron chi connectivity index (χ2n) is 0.839. The Morgan fingerprint density at radius 1 is 1.86 bits per heavy atom. The number of aliphatic hydroxyl groups is 1. The first-order valence-corrected chi connectivity index (χ1v) is 1.70. The molecule has 3 nitrogen and oxygen atoms in total. The van der Waals surface area contributed by atoms with Crippen LogP contribution in [0.5, 0.6) is 0 Å². The molecule has 0 aromatic carbocycles. The van der Waals surface area contributed by atoms with Gasteiger partial charge < -0.3 is 9.84 Å². The maximum absolute atomic E-state index is 9.94. The SMILES string of the molecule is COC(=O)/C=C/O. The topological polar surface area (TPSA) is 46.5 Å². The van der Waals surface area contributed by atoms with Crippen LogP contribution < -0.4 is 0 Å². The molecule has 0 aromatic rings. The van der Waals surface area contributed by atoms with Crippen molar-refractivity contribution in [2.45, 2.75) is 0 Å². The number of carbonyl (C=O) groups is 1. The largest absolute Gasteiger partial charge is 0.515 e. The second-order valence-corrected chi connectivity index (χ2v) is 0.839. The third-order valence-corrected chi connectivity index (χ3v) is 0.412. The zero-order valence-electron chi connectivity index (χ0n) is 3.92. The molecule has 0 saturated heterocycles. The summed E-state index contributed by atoms with van der Waals surface area (Å²) in [6.07, 6.45) is 1.55. The van der Waals surface area contributed by atoms with Crippen LogP contribution in [0.2, 0.25) is 0 Å². The van der Waals surface area contributed by atoms with Crippen LogP contribution in [0, 0.1) is 0 Å². The van der Waals surface area contributed by atoms with E-state index in [1.54, 1.807) is 0 Å². The van der Waals surface area contributed by atoms with Crippen LogP contribution >= 0.6 is 0 Å². The summed E-state index contributed by atoms with van der Waals surface area (Å²) in [4.78, 5) is 9.94. The fourth-order valence-electron chi connectivity index (χ4n) is 0.129. The Morgan fingerprint density at radius 2 is 2.43 bits per heavy atom. The van der Waals surface area contributed by atoms with Crippen molar-refractivity contribution in [2.75, 3.05) is 7.11 Å². The van der Waals surface area contributed by atoms with Crippen molar-refractivity contribution in [1.29, 1.82) is 0 Å². The van der Waals surface area contributed by atoms with Gasteiger partial charge in [-0.2, -0.15) is 0 Å². The minimum atomic E-state index is -0.553. The Bertz CT molecular complexity index is 84.9. The molecule has 0 fully saturated rings. The fourth-order valence-corrected chi connectivity index (χ4v) is 0.129. The van der Waals surface area contributed by atoms with Crippen molar-refractivity contribution in [3.63, 3.8) is 0 Å². The summed E-state index contributed by atoms with van der Waals surface area (Å²) < 4.78 is 4.10. The van der Waals surface area contributed by atoms with Crippen molar-refractivity contribution >= 4 is 5.97 Å². The highest BCUT2D eigenvalue weighted by atomic mass is 16.5. The minimum absolute atomic E-state index is 0.553. The van der Waals surface area contributed by atoms with Gasteiger partial charge in [0.05, 0.1) is 19.4 Å². The van der Waals surface area contributed by atoms with Gasteiger partial charge in [-0.1, -0.05) is 0 Å². The Morgan fingerprint density at radius 3 is 2.57 bits per heavy atom. The average molecular weight is 102 g/mol. The molecule has 0 unspecified atom stereocenters. The van der Waals surface area contributed by atoms with Crippen LogP contribution in [0.15, 0.2) is 12.3 Å². The van der Waals surface area contributed by atoms with E-state index in [4.69, 9.17) is 5.11 Å². The van der Waals surface area contributed by atoms with Crippen LogP contribution in [0.4, 0.5) is 0 Å². The number of hydrogen-bond donors (Lipinski definition) is 1. The molecule has 0 radical (unpaired) electrons. The lowest BCUT2D eigenvalue weighted by molar-refractivity contribution is -0.134. The van der Waals surface area contributed by atoms with E-state index in [1.807, 2.05) is 0 Å². The van der Waals surface area contributed by atoms with Crippen molar-refractivity contribution in [3.8, 4) is 0 Å². The molecule has 0 atom stereocenters. The number of ether oxygens (including phenoxy) is 1. The lowest BCUT2D eigenvalue weighted by atomic mass is 10.6. The highest BCUT2D eigenvalue weighted by molar-refractivity contribution is 5.81. The van der Waals surface area contributed by atoms with E-state index in [2.05, 4.69) is 4.74 Å². The summed E-state index contributed by atoms with van der Waals surface area (Å²) in [6.45, 7) is 0. The van der Waals surface area contributed by atoms with Crippen molar-refractivity contribution in [1.82, 2.24) is 0 Å². The summed E-state index contributed by atoms with van der Waals surface area (Å²) in [5.41, 5.74) is 0. The second kappa shape index (κ2) is 3.21. The van der Waals surface area contributed by atoms with E-state index in [9.17, 15) is 4.79 Å². The maximum Gasteiger partial charge on any atom is 0.333 e. The van der Waals surface area contributed by atoms with E-state index in [-0.39, 0.29) is 0 Å². The smallest absolute Gasteiger partial charge is 0.333 e. The molecular weight excluding hydrogens is 96.0 g/mol. The molecule has 7 heavy (non-hydrogen) atoms. The van der Waals surface area contributed by atoms with Crippen LogP contribution in [-0.4, -0.2) is 18.2 Å². The number of esters is 1. The standard InChI is InChI=1S/C4H6O3/c1-7-4(6)2-3-5/h2-3,5H,1H3/b3-2+. The van der Waals surface area contributed by atoms with Gasteiger partial charge in [-0.25, -0.2) is 4.79 Å². The molecule has 0 aliphatic heterocycles. The molecule has 0 heterocycles. The molecule has 0 rings (SSSR count). The summed E-state index contributed by atoms with van der Waals surface area (Å²) in [7, 11) is 1.24. The van der Waals surface area contributed by atoms with Gasteiger partial charge in [-0.05, 0) is 0 Å². The zero-order valence-corrected chi connectivity index (χ0v) is 3.92. The molecule has 0 saturated carbocycles. The summed E-state index contributed by atoms with van der Waals surface area (Å²) >= 11 is 0. The molecule has 0 amide bonds. The molecule has 0 spiro atoms. The van der Waals surface area contributed by atoms with Crippen LogP contribution in [-0.2, 0) is 9.53 Å². The minimum Gasteiger partial charge on any atom is -0.515 e. The number of carbonyl (C=O) groups excluding carboxylic acids is 1. The summed E-state index contributed by atoms with van der Waals surface area (Å²) in [5.74, 6) is -0.553. The van der Waals surface area contributed by atoms with Gasteiger partial charge >= 0.3 is 5.97 Å². The van der Waals surface area contributed by atoms with Gasteiger partial charge in [0.1, 0.15) is 0 Å². The quantitative estimate of drug-likeness (QED) is 0.293. The first-order valence-electron chi connectivity index (χ1n) is 1.70. The third kappa shape index (κ3) is 2.82. The number of aliphatic hydroxyl groups excluding tert-OH is 1. The molecule has 1 N–H and O–H groups in total. The van der Waals surface area contributed by atoms with E-state index in [1.165, 1.54) is 7.11 Å². The van der Waals surface area contributed by atoms with Crippen LogP contribution in [0.25, 0.3) is 0 Å². The van der Waals surface area contributed by atoms with Crippen LogP contribution in [0.1, 0.15) is 0 Å². The van der Waals surface area contributed by atoms with Gasteiger partial charge in [0.2, 0.25) is 0 Å². The first-order chi connectivity index (χ1) is 3.31. The lowest BCUT2D eigenvalue weighted by Crippen LogP contribution is -1.92. The number of hydrogen-bond acceptors (Lipinski definition) is 3. The highest BCUT2D eigenvalue weighted by Crippen LogP contribution is 1.71. The molecule has 0 aromatic heterocycles. The average Bonchev–Trinajstić information content (AvgIpc) is 1.68. The molecule has 0 aliphatic carbocycles. The Kier molecular flexibility index (Phi) is 2.76. The number of methoxy groups -OCH3 is 1. The van der Waals surface area contributed by atoms with Crippen molar-refractivity contribution < 1.29 is 14.6 Å². The summed E-state index contributed by atoms with van der Waals surface area (Å²) in [5, 5.41) is 7.89. The molecule has 0 aliphatic rings. The van der Waals surface area contributed by atoms with Gasteiger partial charge in [0.15, 0.2) is 0 Å². The van der Waals surface area contributed by atoms with Gasteiger partial charge in [0, 0.05) is 0 Å². The monoisotopic (exact) mass is 102 g/mol. The Hall–Kier alpha value is -0.990. The molecule has 0 bridgehead atoms. The predicted octanol–water partition coefficient (Wildman–Crippen LogP) is 0.231.